The summed E-state index contributed by atoms with van der Waals surface area (Å²) < 4.78 is 4.54. The number of aryl methyl sites for hydroxylation is 1. The minimum Gasteiger partial charge on any atom is -0.465 e. The van der Waals surface area contributed by atoms with Crippen molar-refractivity contribution in [2.24, 2.45) is 0 Å². The van der Waals surface area contributed by atoms with E-state index in [4.69, 9.17) is 0 Å². The minimum absolute atomic E-state index is 0.287. The summed E-state index contributed by atoms with van der Waals surface area (Å²) in [7, 11) is 3.33. The van der Waals surface area contributed by atoms with Gasteiger partial charge in [-0.15, -0.1) is 0 Å². The summed E-state index contributed by atoms with van der Waals surface area (Å²) >= 11 is 0. The Bertz CT molecular complexity index is 506. The van der Waals surface area contributed by atoms with Gasteiger partial charge in [-0.05, 0) is 31.7 Å². The monoisotopic (exact) mass is 271 g/mol. The Labute approximate surface area is 120 Å². The smallest absolute Gasteiger partial charge is 0.337 e. The van der Waals surface area contributed by atoms with Crippen LogP contribution in [0.2, 0.25) is 0 Å². The second-order valence-corrected chi connectivity index (χ2v) is 4.37. The van der Waals surface area contributed by atoms with Crippen molar-refractivity contribution in [1.82, 2.24) is 5.32 Å². The maximum absolute atomic E-state index is 10.9. The molecule has 3 heteroatoms. The van der Waals surface area contributed by atoms with Crippen molar-refractivity contribution in [3.8, 4) is 0 Å². The molecule has 0 saturated carbocycles. The van der Waals surface area contributed by atoms with Gasteiger partial charge >= 0.3 is 5.97 Å². The van der Waals surface area contributed by atoms with E-state index in [1.54, 1.807) is 12.1 Å². The van der Waals surface area contributed by atoms with Gasteiger partial charge in [0.15, 0.2) is 0 Å². The van der Waals surface area contributed by atoms with Gasteiger partial charge in [-0.2, -0.15) is 0 Å². The van der Waals surface area contributed by atoms with Crippen LogP contribution in [0.1, 0.15) is 21.5 Å². The first kappa shape index (κ1) is 15.9. The lowest BCUT2D eigenvalue weighted by molar-refractivity contribution is 0.0600. The Kier molecular flexibility index (Phi) is 7.07. The van der Waals surface area contributed by atoms with E-state index in [2.05, 4.69) is 22.2 Å². The number of hydrogen-bond acceptors (Lipinski definition) is 3. The van der Waals surface area contributed by atoms with E-state index < -0.39 is 0 Å². The maximum Gasteiger partial charge on any atom is 0.337 e. The van der Waals surface area contributed by atoms with E-state index in [1.807, 2.05) is 44.3 Å². The predicted octanol–water partition coefficient (Wildman–Crippen LogP) is 3.19. The van der Waals surface area contributed by atoms with Crippen molar-refractivity contribution in [2.75, 3.05) is 14.2 Å². The van der Waals surface area contributed by atoms with Crippen LogP contribution in [0.5, 0.6) is 0 Å². The van der Waals surface area contributed by atoms with E-state index >= 15 is 0 Å². The Hall–Kier alpha value is -2.13. The largest absolute Gasteiger partial charge is 0.465 e. The van der Waals surface area contributed by atoms with Crippen molar-refractivity contribution < 1.29 is 9.53 Å². The van der Waals surface area contributed by atoms with Crippen LogP contribution in [0.15, 0.2) is 54.6 Å². The number of rotatable bonds is 3. The molecule has 0 aliphatic carbocycles. The van der Waals surface area contributed by atoms with Crippen LogP contribution in [0, 0.1) is 6.92 Å². The molecule has 0 unspecified atom stereocenters. The second kappa shape index (κ2) is 8.88. The van der Waals surface area contributed by atoms with Crippen molar-refractivity contribution in [2.45, 2.75) is 13.5 Å². The van der Waals surface area contributed by atoms with Crippen LogP contribution in [0.3, 0.4) is 0 Å². The molecule has 0 aliphatic rings. The first-order chi connectivity index (χ1) is 9.67. The highest BCUT2D eigenvalue weighted by atomic mass is 16.5. The highest BCUT2D eigenvalue weighted by Gasteiger charge is 2.01. The molecule has 0 saturated heterocycles. The van der Waals surface area contributed by atoms with Crippen LogP contribution in [-0.4, -0.2) is 20.1 Å². The highest BCUT2D eigenvalue weighted by molar-refractivity contribution is 5.89. The van der Waals surface area contributed by atoms with Gasteiger partial charge in [0.05, 0.1) is 12.7 Å². The number of carbonyl (C=O) groups excluding carboxylic acids is 1. The summed E-state index contributed by atoms with van der Waals surface area (Å²) in [5.41, 5.74) is 3.07. The predicted molar refractivity (Wildman–Crippen MR) is 81.7 cm³/mol. The summed E-state index contributed by atoms with van der Waals surface area (Å²) in [5, 5.41) is 3.08. The van der Waals surface area contributed by atoms with Gasteiger partial charge in [0.1, 0.15) is 0 Å². The Balaban J connectivity index is 0.000000204. The lowest BCUT2D eigenvalue weighted by Crippen LogP contribution is -2.04. The van der Waals surface area contributed by atoms with Gasteiger partial charge in [0, 0.05) is 6.54 Å². The lowest BCUT2D eigenvalue weighted by Gasteiger charge is -1.97. The fourth-order valence-corrected chi connectivity index (χ4v) is 1.61. The standard InChI is InChI=1S/C9H10O2.C8H11N/c1-7-3-5-8(6-4-7)9(10)11-2;1-9-7-8-5-3-2-4-6-8/h3-6H,1-2H3;2-6,9H,7H2,1H3. The molecular weight excluding hydrogens is 250 g/mol. The van der Waals surface area contributed by atoms with E-state index in [9.17, 15) is 4.79 Å². The number of methoxy groups -OCH3 is 1. The Morgan fingerprint density at radius 1 is 1.05 bits per heavy atom. The van der Waals surface area contributed by atoms with E-state index in [1.165, 1.54) is 12.7 Å². The van der Waals surface area contributed by atoms with Crippen molar-refractivity contribution in [3.05, 3.63) is 71.3 Å². The van der Waals surface area contributed by atoms with Crippen LogP contribution in [-0.2, 0) is 11.3 Å². The summed E-state index contributed by atoms with van der Waals surface area (Å²) in [6, 6.07) is 17.6. The summed E-state index contributed by atoms with van der Waals surface area (Å²) in [4.78, 5) is 10.9. The normalized spacial score (nSPS) is 9.35. The molecule has 0 bridgehead atoms. The molecule has 2 aromatic carbocycles. The minimum atomic E-state index is -0.287. The quantitative estimate of drug-likeness (QED) is 0.871. The molecule has 0 fully saturated rings. The zero-order chi connectivity index (χ0) is 14.8. The third-order valence-corrected chi connectivity index (χ3v) is 2.70. The van der Waals surface area contributed by atoms with Gasteiger partial charge in [0.2, 0.25) is 0 Å². The molecule has 0 aliphatic heterocycles. The van der Waals surface area contributed by atoms with Gasteiger partial charge in [-0.25, -0.2) is 4.79 Å². The molecule has 0 spiro atoms. The second-order valence-electron chi connectivity index (χ2n) is 4.37. The number of esters is 1. The first-order valence-corrected chi connectivity index (χ1v) is 6.51. The van der Waals surface area contributed by atoms with E-state index in [-0.39, 0.29) is 5.97 Å². The fraction of sp³-hybridized carbons (Fsp3) is 0.235. The third-order valence-electron chi connectivity index (χ3n) is 2.70. The topological polar surface area (TPSA) is 38.3 Å². The van der Waals surface area contributed by atoms with Crippen LogP contribution < -0.4 is 5.32 Å². The number of carbonyl (C=O) groups is 1. The summed E-state index contributed by atoms with van der Waals surface area (Å²) in [6.07, 6.45) is 0. The molecule has 106 valence electrons. The third kappa shape index (κ3) is 5.67. The molecule has 1 N–H and O–H groups in total. The zero-order valence-electron chi connectivity index (χ0n) is 12.2. The highest BCUT2D eigenvalue weighted by Crippen LogP contribution is 2.03. The maximum atomic E-state index is 10.9. The summed E-state index contributed by atoms with van der Waals surface area (Å²) in [5.74, 6) is -0.287. The van der Waals surface area contributed by atoms with Crippen molar-refractivity contribution in [1.29, 1.82) is 0 Å². The molecule has 0 amide bonds. The Morgan fingerprint density at radius 3 is 2.15 bits per heavy atom. The average Bonchev–Trinajstić information content (AvgIpc) is 2.49. The van der Waals surface area contributed by atoms with Gasteiger partial charge in [-0.1, -0.05) is 48.0 Å². The van der Waals surface area contributed by atoms with Crippen molar-refractivity contribution >= 4 is 5.97 Å². The number of benzene rings is 2. The Morgan fingerprint density at radius 2 is 1.65 bits per heavy atom. The van der Waals surface area contributed by atoms with Crippen LogP contribution >= 0.6 is 0 Å². The van der Waals surface area contributed by atoms with Crippen LogP contribution in [0.4, 0.5) is 0 Å². The van der Waals surface area contributed by atoms with Gasteiger partial charge in [-0.3, -0.25) is 0 Å². The molecule has 0 atom stereocenters. The number of ether oxygens (including phenoxy) is 1. The molecule has 0 heterocycles. The SMILES string of the molecule is CNCc1ccccc1.COC(=O)c1ccc(C)cc1. The van der Waals surface area contributed by atoms with Gasteiger partial charge in [0.25, 0.3) is 0 Å². The average molecular weight is 271 g/mol. The number of nitrogens with one attached hydrogen (secondary N) is 1. The molecular formula is C17H21NO2. The fourth-order valence-electron chi connectivity index (χ4n) is 1.61. The lowest BCUT2D eigenvalue weighted by atomic mass is 10.2. The molecule has 3 nitrogen and oxygen atoms in total. The van der Waals surface area contributed by atoms with Crippen LogP contribution in [0.25, 0.3) is 0 Å². The van der Waals surface area contributed by atoms with E-state index in [0.717, 1.165) is 12.1 Å². The molecule has 2 rings (SSSR count). The molecule has 0 radical (unpaired) electrons. The zero-order valence-corrected chi connectivity index (χ0v) is 12.2. The van der Waals surface area contributed by atoms with Crippen molar-refractivity contribution in [3.63, 3.8) is 0 Å². The van der Waals surface area contributed by atoms with E-state index in [0.29, 0.717) is 5.56 Å². The molecule has 2 aromatic rings. The first-order valence-electron chi connectivity index (χ1n) is 6.51. The molecule has 20 heavy (non-hydrogen) atoms. The molecule has 0 aromatic heterocycles. The number of hydrogen-bond donors (Lipinski definition) is 1. The summed E-state index contributed by atoms with van der Waals surface area (Å²) in [6.45, 7) is 2.93. The van der Waals surface area contributed by atoms with Gasteiger partial charge < -0.3 is 10.1 Å².